The monoisotopic (exact) mass is 436 g/mol. The molecule has 2 N–H and O–H groups in total. The largest absolute Gasteiger partial charge is 0.464 e. The van der Waals surface area contributed by atoms with Gasteiger partial charge in [0.05, 0.1) is 22.9 Å². The number of aromatic nitrogens is 2. The van der Waals surface area contributed by atoms with E-state index >= 15 is 0 Å². The van der Waals surface area contributed by atoms with Crippen LogP contribution in [0.2, 0.25) is 0 Å². The van der Waals surface area contributed by atoms with E-state index in [-0.39, 0.29) is 15.9 Å². The highest BCUT2D eigenvalue weighted by molar-refractivity contribution is 7.93. The summed E-state index contributed by atoms with van der Waals surface area (Å²) in [4.78, 5) is 19.4. The fourth-order valence-electron chi connectivity index (χ4n) is 2.70. The molecule has 1 aromatic carbocycles. The van der Waals surface area contributed by atoms with Gasteiger partial charge in [-0.25, -0.2) is 19.2 Å². The Balaban J connectivity index is 1.91. The molecule has 29 heavy (non-hydrogen) atoms. The van der Waals surface area contributed by atoms with Gasteiger partial charge < -0.3 is 10.4 Å². The molecule has 0 saturated heterocycles. The number of nitrogens with zero attached hydrogens (tertiary/aromatic N) is 3. The molecule has 1 amide bonds. The van der Waals surface area contributed by atoms with Crippen LogP contribution < -0.4 is 9.62 Å². The molecular weight excluding hydrogens is 419 g/mol. The summed E-state index contributed by atoms with van der Waals surface area (Å²) < 4.78 is 39.7. The number of aryl methyl sites for hydroxylation is 1. The second-order valence-corrected chi connectivity index (χ2v) is 8.52. The standard InChI is InChI=1S/C18H17FN4O4S2/c1-11(13-5-3-4-6-14(13)19)21-15-7-8-17(22-12(15)2)29(26,27)23(18(24)25)16-9-28-10-20-16/h3-11,21H,1-2H3,(H,24,25). The van der Waals surface area contributed by atoms with Gasteiger partial charge >= 0.3 is 6.09 Å². The SMILES string of the molecule is Cc1nc(S(=O)(=O)N(C(=O)O)c2cscn2)ccc1NC(C)c1ccccc1F. The number of pyridine rings is 1. The molecule has 3 aromatic rings. The van der Waals surface area contributed by atoms with Crippen LogP contribution >= 0.6 is 11.3 Å². The van der Waals surface area contributed by atoms with Crippen molar-refractivity contribution in [2.45, 2.75) is 24.9 Å². The molecule has 11 heteroatoms. The number of anilines is 2. The van der Waals surface area contributed by atoms with Crippen molar-refractivity contribution in [1.29, 1.82) is 0 Å². The molecule has 0 aliphatic rings. The number of hydrogen-bond acceptors (Lipinski definition) is 7. The lowest BCUT2D eigenvalue weighted by Gasteiger charge is -2.19. The van der Waals surface area contributed by atoms with Crippen molar-refractivity contribution in [2.75, 3.05) is 9.62 Å². The number of benzene rings is 1. The number of rotatable bonds is 6. The highest BCUT2D eigenvalue weighted by atomic mass is 32.2. The fraction of sp³-hybridized carbons (Fsp3) is 0.167. The van der Waals surface area contributed by atoms with Gasteiger partial charge in [-0.1, -0.05) is 18.2 Å². The minimum Gasteiger partial charge on any atom is -0.464 e. The Morgan fingerprint density at radius 3 is 2.59 bits per heavy atom. The normalized spacial score (nSPS) is 12.4. The number of amides is 1. The van der Waals surface area contributed by atoms with Crippen molar-refractivity contribution in [2.24, 2.45) is 0 Å². The Morgan fingerprint density at radius 2 is 2.00 bits per heavy atom. The van der Waals surface area contributed by atoms with Crippen molar-refractivity contribution in [3.63, 3.8) is 0 Å². The van der Waals surface area contributed by atoms with Crippen LogP contribution in [0.4, 0.5) is 20.7 Å². The van der Waals surface area contributed by atoms with Crippen molar-refractivity contribution in [3.05, 3.63) is 64.4 Å². The summed E-state index contributed by atoms with van der Waals surface area (Å²) in [5.41, 5.74) is 2.59. The molecule has 3 rings (SSSR count). The van der Waals surface area contributed by atoms with E-state index < -0.39 is 27.2 Å². The number of nitrogens with one attached hydrogen (secondary N) is 1. The third-order valence-electron chi connectivity index (χ3n) is 4.11. The number of hydrogen-bond donors (Lipinski definition) is 2. The summed E-state index contributed by atoms with van der Waals surface area (Å²) in [6, 6.07) is 8.57. The highest BCUT2D eigenvalue weighted by Crippen LogP contribution is 2.27. The van der Waals surface area contributed by atoms with E-state index in [9.17, 15) is 22.7 Å². The minimum absolute atomic E-state index is 0.181. The predicted octanol–water partition coefficient (Wildman–Crippen LogP) is 4.03. The molecule has 0 aliphatic heterocycles. The molecule has 8 nitrogen and oxygen atoms in total. The smallest absolute Gasteiger partial charge is 0.427 e. The summed E-state index contributed by atoms with van der Waals surface area (Å²) in [5, 5.41) is 13.3. The molecule has 0 radical (unpaired) electrons. The van der Waals surface area contributed by atoms with E-state index in [1.54, 1.807) is 32.0 Å². The second kappa shape index (κ2) is 8.13. The first kappa shape index (κ1) is 20.7. The maximum absolute atomic E-state index is 14.0. The van der Waals surface area contributed by atoms with Crippen molar-refractivity contribution in [3.8, 4) is 0 Å². The molecular formula is C18H17FN4O4S2. The number of sulfonamides is 1. The number of halogens is 1. The number of thiazole rings is 1. The maximum Gasteiger partial charge on any atom is 0.427 e. The van der Waals surface area contributed by atoms with Crippen LogP contribution in [0, 0.1) is 12.7 Å². The second-order valence-electron chi connectivity index (χ2n) is 6.07. The average Bonchev–Trinajstić information content (AvgIpc) is 3.17. The molecule has 2 heterocycles. The Bertz CT molecular complexity index is 1140. The maximum atomic E-state index is 14.0. The van der Waals surface area contributed by atoms with E-state index in [0.29, 0.717) is 16.9 Å². The van der Waals surface area contributed by atoms with Gasteiger partial charge in [0.25, 0.3) is 10.0 Å². The van der Waals surface area contributed by atoms with Gasteiger partial charge in [0.1, 0.15) is 5.82 Å². The van der Waals surface area contributed by atoms with Crippen molar-refractivity contribution >= 4 is 39.0 Å². The zero-order valence-electron chi connectivity index (χ0n) is 15.4. The van der Waals surface area contributed by atoms with Crippen LogP contribution in [0.25, 0.3) is 0 Å². The minimum atomic E-state index is -4.47. The molecule has 1 atom stereocenters. The van der Waals surface area contributed by atoms with Crippen LogP contribution in [0.3, 0.4) is 0 Å². The van der Waals surface area contributed by atoms with E-state index in [2.05, 4.69) is 15.3 Å². The van der Waals surface area contributed by atoms with Crippen LogP contribution in [0.1, 0.15) is 24.2 Å². The first-order valence-corrected chi connectivity index (χ1v) is 10.7. The van der Waals surface area contributed by atoms with Crippen molar-refractivity contribution in [1.82, 2.24) is 9.97 Å². The number of carbonyl (C=O) groups is 1. The summed E-state index contributed by atoms with van der Waals surface area (Å²) in [6.07, 6.45) is -1.69. The van der Waals surface area contributed by atoms with Crippen LogP contribution in [0.15, 0.2) is 52.3 Å². The lowest BCUT2D eigenvalue weighted by molar-refractivity contribution is 0.206. The van der Waals surface area contributed by atoms with Crippen LogP contribution in [0.5, 0.6) is 0 Å². The third kappa shape index (κ3) is 4.20. The first-order valence-electron chi connectivity index (χ1n) is 8.37. The fourth-order valence-corrected chi connectivity index (χ4v) is 4.51. The molecule has 0 spiro atoms. The Morgan fingerprint density at radius 1 is 1.28 bits per heavy atom. The quantitative estimate of drug-likeness (QED) is 0.600. The zero-order valence-corrected chi connectivity index (χ0v) is 17.0. The van der Waals surface area contributed by atoms with Gasteiger partial charge in [-0.3, -0.25) is 0 Å². The molecule has 0 saturated carbocycles. The van der Waals surface area contributed by atoms with E-state index in [1.165, 1.54) is 29.1 Å². The lowest BCUT2D eigenvalue weighted by atomic mass is 10.1. The topological polar surface area (TPSA) is 112 Å². The van der Waals surface area contributed by atoms with E-state index in [1.807, 2.05) is 0 Å². The summed E-state index contributed by atoms with van der Waals surface area (Å²) in [5.74, 6) is -0.588. The third-order valence-corrected chi connectivity index (χ3v) is 6.26. The molecule has 152 valence electrons. The average molecular weight is 436 g/mol. The van der Waals surface area contributed by atoms with Gasteiger partial charge in [-0.05, 0) is 32.0 Å². The van der Waals surface area contributed by atoms with Crippen molar-refractivity contribution < 1.29 is 22.7 Å². The molecule has 2 aromatic heterocycles. The molecule has 0 aliphatic carbocycles. The Hall–Kier alpha value is -3.05. The van der Waals surface area contributed by atoms with Gasteiger partial charge in [-0.15, -0.1) is 15.6 Å². The predicted molar refractivity (Wildman–Crippen MR) is 107 cm³/mol. The first-order chi connectivity index (χ1) is 13.7. The summed E-state index contributed by atoms with van der Waals surface area (Å²) in [6.45, 7) is 3.33. The van der Waals surface area contributed by atoms with E-state index in [4.69, 9.17) is 0 Å². The van der Waals surface area contributed by atoms with Gasteiger partial charge in [0, 0.05) is 10.9 Å². The van der Waals surface area contributed by atoms with Crippen LogP contribution in [-0.2, 0) is 10.0 Å². The molecule has 1 unspecified atom stereocenters. The Labute approximate surface area is 170 Å². The van der Waals surface area contributed by atoms with Crippen LogP contribution in [-0.4, -0.2) is 29.6 Å². The number of carboxylic acid groups (broad SMARTS) is 1. The zero-order chi connectivity index (χ0) is 21.2. The Kier molecular flexibility index (Phi) is 5.80. The lowest BCUT2D eigenvalue weighted by Crippen LogP contribution is -2.36. The van der Waals surface area contributed by atoms with Gasteiger partial charge in [-0.2, -0.15) is 8.42 Å². The molecule has 0 bridgehead atoms. The van der Waals surface area contributed by atoms with Gasteiger partial charge in [0.2, 0.25) is 0 Å². The molecule has 0 fully saturated rings. The van der Waals surface area contributed by atoms with E-state index in [0.717, 1.165) is 11.3 Å². The summed E-state index contributed by atoms with van der Waals surface area (Å²) in [7, 11) is -4.47. The summed E-state index contributed by atoms with van der Waals surface area (Å²) >= 11 is 1.07. The highest BCUT2D eigenvalue weighted by Gasteiger charge is 2.33. The van der Waals surface area contributed by atoms with Gasteiger partial charge in [0.15, 0.2) is 10.8 Å².